The van der Waals surface area contributed by atoms with Gasteiger partial charge in [0.1, 0.15) is 5.56 Å². The predicted octanol–water partition coefficient (Wildman–Crippen LogP) is 2.73. The van der Waals surface area contributed by atoms with Crippen LogP contribution < -0.4 is 10.9 Å². The van der Waals surface area contributed by atoms with Gasteiger partial charge < -0.3 is 10.3 Å². The third kappa shape index (κ3) is 3.38. The molecule has 20 heavy (non-hydrogen) atoms. The van der Waals surface area contributed by atoms with Crippen LogP contribution in [0, 0.1) is 0 Å². The molecule has 1 saturated carbocycles. The predicted molar refractivity (Wildman–Crippen MR) is 80.0 cm³/mol. The first-order valence-corrected chi connectivity index (χ1v) is 7.28. The van der Waals surface area contributed by atoms with E-state index in [4.69, 9.17) is 0 Å². The highest BCUT2D eigenvalue weighted by atomic mass is 16.2. The van der Waals surface area contributed by atoms with E-state index in [1.54, 1.807) is 12.1 Å². The smallest absolute Gasteiger partial charge is 0.261 e. The Hall–Kier alpha value is -1.84. The van der Waals surface area contributed by atoms with E-state index in [2.05, 4.69) is 16.9 Å². The average molecular weight is 274 g/mol. The van der Waals surface area contributed by atoms with Gasteiger partial charge in [-0.2, -0.15) is 0 Å². The Kier molecular flexibility index (Phi) is 4.77. The van der Waals surface area contributed by atoms with E-state index in [0.29, 0.717) is 5.92 Å². The summed E-state index contributed by atoms with van der Waals surface area (Å²) in [5.41, 5.74) is 0.822. The van der Waals surface area contributed by atoms with Gasteiger partial charge in [0.2, 0.25) is 0 Å². The van der Waals surface area contributed by atoms with Crippen molar-refractivity contribution < 1.29 is 4.79 Å². The molecule has 1 heterocycles. The topological polar surface area (TPSA) is 62.0 Å². The largest absolute Gasteiger partial charge is 0.346 e. The number of hydrogen-bond donors (Lipinski definition) is 2. The van der Waals surface area contributed by atoms with Gasteiger partial charge in [-0.1, -0.05) is 25.3 Å². The minimum absolute atomic E-state index is 0.153. The van der Waals surface area contributed by atoms with Gasteiger partial charge in [-0.05, 0) is 37.8 Å². The Morgan fingerprint density at radius 2 is 2.10 bits per heavy atom. The van der Waals surface area contributed by atoms with E-state index in [1.165, 1.54) is 19.3 Å². The van der Waals surface area contributed by atoms with Crippen molar-refractivity contribution in [2.24, 2.45) is 0 Å². The lowest BCUT2D eigenvalue weighted by Crippen LogP contribution is -2.35. The molecule has 1 aromatic rings. The number of rotatable bonds is 4. The van der Waals surface area contributed by atoms with Gasteiger partial charge in [-0.15, -0.1) is 6.58 Å². The molecule has 0 bridgehead atoms. The summed E-state index contributed by atoms with van der Waals surface area (Å²) in [6.45, 7) is 5.42. The summed E-state index contributed by atoms with van der Waals surface area (Å²) in [5.74, 6) is 0.0782. The van der Waals surface area contributed by atoms with Crippen LogP contribution in [0.5, 0.6) is 0 Å². The maximum absolute atomic E-state index is 12.1. The number of amides is 1. The first-order chi connectivity index (χ1) is 9.61. The van der Waals surface area contributed by atoms with Gasteiger partial charge in [0.15, 0.2) is 0 Å². The Morgan fingerprint density at radius 1 is 1.40 bits per heavy atom. The fraction of sp³-hybridized carbons (Fsp3) is 0.500. The molecule has 2 rings (SSSR count). The lowest BCUT2D eigenvalue weighted by atomic mass is 9.86. The van der Waals surface area contributed by atoms with Crippen molar-refractivity contribution in [1.82, 2.24) is 10.3 Å². The quantitative estimate of drug-likeness (QED) is 0.829. The molecule has 1 aliphatic carbocycles. The van der Waals surface area contributed by atoms with Crippen LogP contribution in [0.3, 0.4) is 0 Å². The summed E-state index contributed by atoms with van der Waals surface area (Å²) >= 11 is 0. The van der Waals surface area contributed by atoms with E-state index >= 15 is 0 Å². The maximum atomic E-state index is 12.1. The Labute approximate surface area is 119 Å². The van der Waals surface area contributed by atoms with Gasteiger partial charge in [0.25, 0.3) is 11.5 Å². The summed E-state index contributed by atoms with van der Waals surface area (Å²) < 4.78 is 0. The zero-order valence-electron chi connectivity index (χ0n) is 11.9. The fourth-order valence-corrected chi connectivity index (χ4v) is 2.66. The molecule has 0 aliphatic heterocycles. The summed E-state index contributed by atoms with van der Waals surface area (Å²) in [5, 5.41) is 2.71. The van der Waals surface area contributed by atoms with Crippen LogP contribution in [0.1, 0.15) is 61.0 Å². The number of carbonyl (C=O) groups is 1. The lowest BCUT2D eigenvalue weighted by molar-refractivity contribution is 0.0945. The summed E-state index contributed by atoms with van der Waals surface area (Å²) in [4.78, 5) is 26.9. The Balaban J connectivity index is 2.15. The molecule has 1 atom stereocenters. The highest BCUT2D eigenvalue weighted by Crippen LogP contribution is 2.30. The van der Waals surface area contributed by atoms with Crippen molar-refractivity contribution in [3.63, 3.8) is 0 Å². The molecule has 1 aromatic heterocycles. The van der Waals surface area contributed by atoms with Crippen LogP contribution in [-0.2, 0) is 0 Å². The summed E-state index contributed by atoms with van der Waals surface area (Å²) in [6, 6.07) is 3.36. The third-order valence-electron chi connectivity index (χ3n) is 3.93. The van der Waals surface area contributed by atoms with Gasteiger partial charge >= 0.3 is 0 Å². The van der Waals surface area contributed by atoms with Gasteiger partial charge in [-0.25, -0.2) is 0 Å². The van der Waals surface area contributed by atoms with Crippen LogP contribution in [0.25, 0.3) is 0 Å². The Bertz CT molecular complexity index is 542. The molecule has 0 radical (unpaired) electrons. The van der Waals surface area contributed by atoms with Crippen molar-refractivity contribution in [3.8, 4) is 0 Å². The average Bonchev–Trinajstić information content (AvgIpc) is 2.47. The molecule has 108 valence electrons. The van der Waals surface area contributed by atoms with E-state index in [0.717, 1.165) is 18.5 Å². The minimum Gasteiger partial charge on any atom is -0.346 e. The number of carbonyl (C=O) groups excluding carboxylic acids is 1. The SMILES string of the molecule is C=CC(C)NC(=O)c1ccc(C2CCCCC2)[nH]c1=O. The molecule has 1 fully saturated rings. The van der Waals surface area contributed by atoms with Gasteiger partial charge in [0, 0.05) is 11.7 Å². The zero-order valence-corrected chi connectivity index (χ0v) is 11.9. The van der Waals surface area contributed by atoms with Crippen molar-refractivity contribution in [1.29, 1.82) is 0 Å². The fourth-order valence-electron chi connectivity index (χ4n) is 2.66. The van der Waals surface area contributed by atoms with Crippen LogP contribution in [0.2, 0.25) is 0 Å². The molecule has 1 aliphatic rings. The normalized spacial score (nSPS) is 17.4. The zero-order chi connectivity index (χ0) is 14.5. The highest BCUT2D eigenvalue weighted by Gasteiger charge is 2.18. The lowest BCUT2D eigenvalue weighted by Gasteiger charge is -2.21. The van der Waals surface area contributed by atoms with Crippen LogP contribution in [0.15, 0.2) is 29.6 Å². The van der Waals surface area contributed by atoms with Crippen LogP contribution in [-0.4, -0.2) is 16.9 Å². The molecular formula is C16H22N2O2. The molecule has 2 N–H and O–H groups in total. The van der Waals surface area contributed by atoms with E-state index in [-0.39, 0.29) is 23.1 Å². The molecule has 1 amide bonds. The molecule has 4 heteroatoms. The van der Waals surface area contributed by atoms with Crippen molar-refractivity contribution in [3.05, 3.63) is 46.4 Å². The number of nitrogens with one attached hydrogen (secondary N) is 2. The second-order valence-electron chi connectivity index (χ2n) is 5.49. The first kappa shape index (κ1) is 14.6. The third-order valence-corrected chi connectivity index (χ3v) is 3.93. The van der Waals surface area contributed by atoms with Crippen LogP contribution in [0.4, 0.5) is 0 Å². The summed E-state index contributed by atoms with van der Waals surface area (Å²) in [7, 11) is 0. The number of hydrogen-bond acceptors (Lipinski definition) is 2. The Morgan fingerprint density at radius 3 is 2.70 bits per heavy atom. The molecule has 0 spiro atoms. The summed E-state index contributed by atoms with van der Waals surface area (Å²) in [6.07, 6.45) is 7.57. The monoisotopic (exact) mass is 274 g/mol. The van der Waals surface area contributed by atoms with Crippen molar-refractivity contribution >= 4 is 5.91 Å². The highest BCUT2D eigenvalue weighted by molar-refractivity contribution is 5.94. The van der Waals surface area contributed by atoms with E-state index in [9.17, 15) is 9.59 Å². The number of aromatic nitrogens is 1. The second-order valence-corrected chi connectivity index (χ2v) is 5.49. The number of H-pyrrole nitrogens is 1. The number of aromatic amines is 1. The van der Waals surface area contributed by atoms with Crippen molar-refractivity contribution in [2.75, 3.05) is 0 Å². The molecule has 1 unspecified atom stereocenters. The standard InChI is InChI=1S/C16H22N2O2/c1-3-11(2)17-15(19)13-9-10-14(18-16(13)20)12-7-5-4-6-8-12/h3,9-12H,1,4-8H2,2H3,(H,17,19)(H,18,20). The van der Waals surface area contributed by atoms with Gasteiger partial charge in [0.05, 0.1) is 0 Å². The van der Waals surface area contributed by atoms with Crippen molar-refractivity contribution in [2.45, 2.75) is 51.0 Å². The van der Waals surface area contributed by atoms with Crippen LogP contribution >= 0.6 is 0 Å². The second kappa shape index (κ2) is 6.55. The minimum atomic E-state index is -0.353. The van der Waals surface area contributed by atoms with Gasteiger partial charge in [-0.3, -0.25) is 9.59 Å². The molecule has 0 aromatic carbocycles. The molecular weight excluding hydrogens is 252 g/mol. The van der Waals surface area contributed by atoms with E-state index < -0.39 is 0 Å². The first-order valence-electron chi connectivity index (χ1n) is 7.28. The number of pyridine rings is 1. The maximum Gasteiger partial charge on any atom is 0.261 e. The molecule has 0 saturated heterocycles. The molecule has 4 nitrogen and oxygen atoms in total. The van der Waals surface area contributed by atoms with E-state index in [1.807, 2.05) is 13.0 Å².